The van der Waals surface area contributed by atoms with Gasteiger partial charge in [-0.05, 0) is 37.5 Å². The molecule has 0 rings (SSSR count). The lowest BCUT2D eigenvalue weighted by molar-refractivity contribution is -0.125. The monoisotopic (exact) mass is 367 g/mol. The number of allylic oxidation sites excluding steroid dienone is 1. The maximum atomic E-state index is 11.9. The van der Waals surface area contributed by atoms with Crippen molar-refractivity contribution in [3.05, 3.63) is 11.6 Å². The molecule has 154 valence electrons. The summed E-state index contributed by atoms with van der Waals surface area (Å²) >= 11 is 0. The molecule has 0 saturated heterocycles. The number of hydrogen-bond acceptors (Lipinski definition) is 2. The van der Waals surface area contributed by atoms with E-state index >= 15 is 0 Å². The van der Waals surface area contributed by atoms with Gasteiger partial charge < -0.3 is 10.0 Å². The maximum Gasteiger partial charge on any atom is 0.246 e. The molecule has 0 aliphatic carbocycles. The maximum absolute atomic E-state index is 11.9. The second kappa shape index (κ2) is 15.2. The van der Waals surface area contributed by atoms with Crippen LogP contribution >= 0.6 is 0 Å². The van der Waals surface area contributed by atoms with Gasteiger partial charge in [0.05, 0.1) is 6.61 Å². The van der Waals surface area contributed by atoms with Crippen LogP contribution in [0.25, 0.3) is 0 Å². The first kappa shape index (κ1) is 25.2. The summed E-state index contributed by atoms with van der Waals surface area (Å²) < 4.78 is 0. The smallest absolute Gasteiger partial charge is 0.246 e. The standard InChI is InChI=1S/C23H45NO2/c1-19(2)10-7-11-20(3)12-8-13-21(4)14-9-15-22(5)18-23(26)24(6)16-17-25/h18-21,25H,7-17H2,1-6H3/b22-18+. The zero-order valence-corrected chi connectivity index (χ0v) is 18.4. The molecular weight excluding hydrogens is 322 g/mol. The minimum Gasteiger partial charge on any atom is -0.395 e. The summed E-state index contributed by atoms with van der Waals surface area (Å²) in [5.74, 6) is 2.48. The van der Waals surface area contributed by atoms with Gasteiger partial charge in [-0.1, -0.05) is 78.2 Å². The van der Waals surface area contributed by atoms with Gasteiger partial charge in [-0.25, -0.2) is 0 Å². The van der Waals surface area contributed by atoms with Gasteiger partial charge in [-0.15, -0.1) is 0 Å². The summed E-state index contributed by atoms with van der Waals surface area (Å²) in [5, 5.41) is 8.88. The number of amides is 1. The molecule has 26 heavy (non-hydrogen) atoms. The molecule has 0 heterocycles. The number of rotatable bonds is 15. The molecule has 0 aliphatic heterocycles. The van der Waals surface area contributed by atoms with E-state index in [9.17, 15) is 4.79 Å². The topological polar surface area (TPSA) is 40.5 Å². The van der Waals surface area contributed by atoms with Crippen molar-refractivity contribution in [2.75, 3.05) is 20.2 Å². The third-order valence-corrected chi connectivity index (χ3v) is 5.32. The van der Waals surface area contributed by atoms with Gasteiger partial charge in [0.15, 0.2) is 0 Å². The first-order valence-corrected chi connectivity index (χ1v) is 10.8. The van der Waals surface area contributed by atoms with Crippen LogP contribution in [0.2, 0.25) is 0 Å². The van der Waals surface area contributed by atoms with Crippen molar-refractivity contribution in [3.8, 4) is 0 Å². The molecule has 2 unspecified atom stereocenters. The van der Waals surface area contributed by atoms with Gasteiger partial charge in [0.2, 0.25) is 5.91 Å². The van der Waals surface area contributed by atoms with Crippen molar-refractivity contribution in [2.45, 2.75) is 92.4 Å². The van der Waals surface area contributed by atoms with Crippen LogP contribution < -0.4 is 0 Å². The lowest BCUT2D eigenvalue weighted by Crippen LogP contribution is -2.28. The van der Waals surface area contributed by atoms with Crippen LogP contribution in [-0.2, 0) is 4.79 Å². The molecule has 0 fully saturated rings. The van der Waals surface area contributed by atoms with Crippen molar-refractivity contribution in [1.82, 2.24) is 4.90 Å². The molecule has 3 heteroatoms. The van der Waals surface area contributed by atoms with E-state index in [1.807, 2.05) is 6.92 Å². The third kappa shape index (κ3) is 14.4. The first-order chi connectivity index (χ1) is 12.3. The average molecular weight is 368 g/mol. The van der Waals surface area contributed by atoms with Gasteiger partial charge in [-0.2, -0.15) is 0 Å². The predicted molar refractivity (Wildman–Crippen MR) is 113 cm³/mol. The predicted octanol–water partition coefficient (Wildman–Crippen LogP) is 5.82. The van der Waals surface area contributed by atoms with E-state index in [4.69, 9.17) is 5.11 Å². The highest BCUT2D eigenvalue weighted by atomic mass is 16.3. The SMILES string of the molecule is C/C(=C\C(=O)N(C)CCO)CCCC(C)CCCC(C)CCCC(C)C. The summed E-state index contributed by atoms with van der Waals surface area (Å²) in [5.41, 5.74) is 1.14. The Hall–Kier alpha value is -0.830. The molecule has 0 spiro atoms. The van der Waals surface area contributed by atoms with Crippen LogP contribution in [0, 0.1) is 17.8 Å². The summed E-state index contributed by atoms with van der Waals surface area (Å²) in [6.45, 7) is 11.8. The van der Waals surface area contributed by atoms with E-state index in [-0.39, 0.29) is 12.5 Å². The lowest BCUT2D eigenvalue weighted by atomic mass is 9.91. The molecule has 0 radical (unpaired) electrons. The summed E-state index contributed by atoms with van der Waals surface area (Å²) in [4.78, 5) is 13.5. The Morgan fingerprint density at radius 2 is 1.42 bits per heavy atom. The minimum atomic E-state index is -0.00365. The van der Waals surface area contributed by atoms with Gasteiger partial charge in [-0.3, -0.25) is 4.79 Å². The number of aliphatic hydroxyl groups is 1. The summed E-state index contributed by atoms with van der Waals surface area (Å²) in [7, 11) is 1.73. The number of likely N-dealkylation sites (N-methyl/N-ethyl adjacent to an activating group) is 1. The van der Waals surface area contributed by atoms with E-state index in [1.165, 1.54) is 44.9 Å². The lowest BCUT2D eigenvalue weighted by Gasteiger charge is -2.15. The zero-order valence-electron chi connectivity index (χ0n) is 18.4. The Labute approximate surface area is 163 Å². The Balaban J connectivity index is 3.82. The van der Waals surface area contributed by atoms with Gasteiger partial charge >= 0.3 is 0 Å². The highest BCUT2D eigenvalue weighted by molar-refractivity contribution is 5.87. The molecule has 1 amide bonds. The second-order valence-electron chi connectivity index (χ2n) is 8.83. The fourth-order valence-electron chi connectivity index (χ4n) is 3.36. The number of carbonyl (C=O) groups excluding carboxylic acids is 1. The van der Waals surface area contributed by atoms with Crippen LogP contribution in [-0.4, -0.2) is 36.1 Å². The first-order valence-electron chi connectivity index (χ1n) is 10.8. The Bertz CT molecular complexity index is 390. The van der Waals surface area contributed by atoms with Crippen molar-refractivity contribution in [2.24, 2.45) is 17.8 Å². The number of carbonyl (C=O) groups is 1. The molecule has 0 aromatic rings. The quantitative estimate of drug-likeness (QED) is 0.370. The fraction of sp³-hybridized carbons (Fsp3) is 0.870. The van der Waals surface area contributed by atoms with Crippen molar-refractivity contribution in [1.29, 1.82) is 0 Å². The van der Waals surface area contributed by atoms with Crippen LogP contribution in [0.1, 0.15) is 92.4 Å². The van der Waals surface area contributed by atoms with Crippen molar-refractivity contribution < 1.29 is 9.90 Å². The Morgan fingerprint density at radius 3 is 1.92 bits per heavy atom. The molecule has 3 nitrogen and oxygen atoms in total. The molecule has 0 aliphatic rings. The highest BCUT2D eigenvalue weighted by Gasteiger charge is 2.08. The van der Waals surface area contributed by atoms with E-state index in [1.54, 1.807) is 18.0 Å². The Kier molecular flexibility index (Phi) is 14.8. The molecule has 0 bridgehead atoms. The zero-order chi connectivity index (χ0) is 19.9. The van der Waals surface area contributed by atoms with Crippen LogP contribution in [0.5, 0.6) is 0 Å². The number of aliphatic hydroxyl groups excluding tert-OH is 1. The van der Waals surface area contributed by atoms with Gasteiger partial charge in [0.25, 0.3) is 0 Å². The van der Waals surface area contributed by atoms with Gasteiger partial charge in [0, 0.05) is 19.7 Å². The molecule has 0 aromatic carbocycles. The van der Waals surface area contributed by atoms with Crippen LogP contribution in [0.15, 0.2) is 11.6 Å². The number of nitrogens with zero attached hydrogens (tertiary/aromatic N) is 1. The van der Waals surface area contributed by atoms with Crippen LogP contribution in [0.3, 0.4) is 0 Å². The molecular formula is C23H45NO2. The van der Waals surface area contributed by atoms with E-state index < -0.39 is 0 Å². The molecule has 1 N–H and O–H groups in total. The fourth-order valence-corrected chi connectivity index (χ4v) is 3.36. The minimum absolute atomic E-state index is 0.00365. The van der Waals surface area contributed by atoms with E-state index in [2.05, 4.69) is 27.7 Å². The van der Waals surface area contributed by atoms with Crippen molar-refractivity contribution >= 4 is 5.91 Å². The summed E-state index contributed by atoms with van der Waals surface area (Å²) in [6.07, 6.45) is 13.3. The largest absolute Gasteiger partial charge is 0.395 e. The molecule has 2 atom stereocenters. The normalized spacial score (nSPS) is 14.5. The third-order valence-electron chi connectivity index (χ3n) is 5.32. The number of hydrogen-bond donors (Lipinski definition) is 1. The average Bonchev–Trinajstić information content (AvgIpc) is 2.54. The van der Waals surface area contributed by atoms with Gasteiger partial charge in [0.1, 0.15) is 0 Å². The second-order valence-corrected chi connectivity index (χ2v) is 8.83. The Morgan fingerprint density at radius 1 is 0.923 bits per heavy atom. The van der Waals surface area contributed by atoms with Crippen LogP contribution in [0.4, 0.5) is 0 Å². The molecule has 0 saturated carbocycles. The molecule has 0 aromatic heterocycles. The summed E-state index contributed by atoms with van der Waals surface area (Å²) in [6, 6.07) is 0. The van der Waals surface area contributed by atoms with E-state index in [0.717, 1.165) is 36.2 Å². The van der Waals surface area contributed by atoms with Crippen molar-refractivity contribution in [3.63, 3.8) is 0 Å². The van der Waals surface area contributed by atoms with E-state index in [0.29, 0.717) is 6.54 Å². The highest BCUT2D eigenvalue weighted by Crippen LogP contribution is 2.22.